The van der Waals surface area contributed by atoms with Gasteiger partial charge in [0.2, 0.25) is 0 Å². The Bertz CT molecular complexity index is 255. The first-order chi connectivity index (χ1) is 5.90. The molecule has 1 aliphatic rings. The fraction of sp³-hybridized carbons (Fsp3) is 0.750. The Morgan fingerprint density at radius 2 is 2.08 bits per heavy atom. The molecular weight excluding hydrogens is 192 g/mol. The Balaban J connectivity index is 2.11. The second-order valence-corrected chi connectivity index (χ2v) is 4.51. The molecule has 1 heterocycles. The Labute approximate surface area is 81.0 Å². The average Bonchev–Trinajstić information content (AvgIpc) is 2.75. The molecule has 12 heavy (non-hydrogen) atoms. The number of nitrogens with zero attached hydrogens (tertiary/aromatic N) is 2. The van der Waals surface area contributed by atoms with E-state index < -0.39 is 0 Å². The van der Waals surface area contributed by atoms with Crippen LogP contribution >= 0.6 is 22.9 Å². The van der Waals surface area contributed by atoms with Gasteiger partial charge >= 0.3 is 0 Å². The Hall–Kier alpha value is -0.150. The van der Waals surface area contributed by atoms with Gasteiger partial charge in [0.05, 0.1) is 5.88 Å². The highest BCUT2D eigenvalue weighted by Gasteiger charge is 2.20. The van der Waals surface area contributed by atoms with Crippen molar-refractivity contribution < 1.29 is 0 Å². The number of rotatable bonds is 2. The minimum absolute atomic E-state index is 0.504. The summed E-state index contributed by atoms with van der Waals surface area (Å²) in [5.41, 5.74) is 0. The topological polar surface area (TPSA) is 25.8 Å². The highest BCUT2D eigenvalue weighted by Crippen LogP contribution is 2.35. The molecule has 0 aliphatic heterocycles. The van der Waals surface area contributed by atoms with Crippen LogP contribution in [-0.2, 0) is 5.88 Å². The first-order valence-electron chi connectivity index (χ1n) is 4.28. The van der Waals surface area contributed by atoms with Gasteiger partial charge in [-0.2, -0.15) is 0 Å². The van der Waals surface area contributed by atoms with E-state index in [1.165, 1.54) is 30.7 Å². The molecule has 0 unspecified atom stereocenters. The molecule has 2 rings (SSSR count). The normalized spacial score (nSPS) is 18.8. The molecule has 4 heteroatoms. The molecule has 0 spiro atoms. The lowest BCUT2D eigenvalue weighted by molar-refractivity contribution is 0.704. The molecule has 0 saturated heterocycles. The van der Waals surface area contributed by atoms with Crippen molar-refractivity contribution in [2.24, 2.45) is 0 Å². The van der Waals surface area contributed by atoms with Crippen LogP contribution in [0.5, 0.6) is 0 Å². The summed E-state index contributed by atoms with van der Waals surface area (Å²) in [6, 6.07) is 0. The van der Waals surface area contributed by atoms with Crippen molar-refractivity contribution in [2.75, 3.05) is 0 Å². The summed E-state index contributed by atoms with van der Waals surface area (Å²) in [6.07, 6.45) is 5.27. The van der Waals surface area contributed by atoms with Gasteiger partial charge in [0.1, 0.15) is 10.0 Å². The fourth-order valence-corrected chi connectivity index (χ4v) is 2.74. The van der Waals surface area contributed by atoms with Gasteiger partial charge in [0, 0.05) is 5.92 Å². The number of halogens is 1. The molecule has 2 nitrogen and oxygen atoms in total. The van der Waals surface area contributed by atoms with Crippen LogP contribution in [0.15, 0.2) is 0 Å². The quantitative estimate of drug-likeness (QED) is 0.690. The van der Waals surface area contributed by atoms with Crippen molar-refractivity contribution in [2.45, 2.75) is 37.5 Å². The zero-order chi connectivity index (χ0) is 8.39. The predicted octanol–water partition coefficient (Wildman–Crippen LogP) is 2.93. The molecule has 1 aromatic rings. The van der Waals surface area contributed by atoms with Crippen molar-refractivity contribution >= 4 is 22.9 Å². The first kappa shape index (κ1) is 8.45. The van der Waals surface area contributed by atoms with Crippen molar-refractivity contribution in [1.29, 1.82) is 0 Å². The monoisotopic (exact) mass is 202 g/mol. The summed E-state index contributed by atoms with van der Waals surface area (Å²) in [6.45, 7) is 0. The second kappa shape index (κ2) is 3.71. The lowest BCUT2D eigenvalue weighted by atomic mass is 10.1. The van der Waals surface area contributed by atoms with Crippen molar-refractivity contribution in [3.8, 4) is 0 Å². The van der Waals surface area contributed by atoms with Crippen LogP contribution in [0.3, 0.4) is 0 Å². The molecule has 66 valence electrons. The van der Waals surface area contributed by atoms with E-state index in [9.17, 15) is 0 Å². The summed E-state index contributed by atoms with van der Waals surface area (Å²) in [5.74, 6) is 1.18. The standard InChI is InChI=1S/C8H11ClN2S/c9-5-7-10-11-8(12-7)6-3-1-2-4-6/h6H,1-5H2. The molecule has 1 aliphatic carbocycles. The number of aromatic nitrogens is 2. The fourth-order valence-electron chi connectivity index (χ4n) is 1.66. The van der Waals surface area contributed by atoms with E-state index >= 15 is 0 Å². The number of alkyl halides is 1. The molecule has 1 aromatic heterocycles. The number of hydrogen-bond donors (Lipinski definition) is 0. The minimum atomic E-state index is 0.504. The molecule has 0 bridgehead atoms. The van der Waals surface area contributed by atoms with Crippen LogP contribution in [-0.4, -0.2) is 10.2 Å². The van der Waals surface area contributed by atoms with E-state index in [0.29, 0.717) is 11.8 Å². The van der Waals surface area contributed by atoms with E-state index in [2.05, 4.69) is 10.2 Å². The van der Waals surface area contributed by atoms with Crippen LogP contribution in [0.4, 0.5) is 0 Å². The molecular formula is C8H11ClN2S. The van der Waals surface area contributed by atoms with Crippen LogP contribution < -0.4 is 0 Å². The summed E-state index contributed by atoms with van der Waals surface area (Å²) in [5, 5.41) is 10.3. The molecule has 0 N–H and O–H groups in total. The molecule has 0 aromatic carbocycles. The van der Waals surface area contributed by atoms with Gasteiger partial charge in [-0.1, -0.05) is 24.2 Å². The summed E-state index contributed by atoms with van der Waals surface area (Å²) in [7, 11) is 0. The van der Waals surface area contributed by atoms with Crippen LogP contribution in [0.2, 0.25) is 0 Å². The third-order valence-electron chi connectivity index (χ3n) is 2.30. The van der Waals surface area contributed by atoms with Crippen LogP contribution in [0, 0.1) is 0 Å². The molecule has 0 amide bonds. The zero-order valence-electron chi connectivity index (χ0n) is 6.79. The third kappa shape index (κ3) is 1.62. The second-order valence-electron chi connectivity index (χ2n) is 3.15. The Morgan fingerprint density at radius 1 is 1.33 bits per heavy atom. The van der Waals surface area contributed by atoms with Crippen molar-refractivity contribution in [3.05, 3.63) is 10.0 Å². The smallest absolute Gasteiger partial charge is 0.132 e. The van der Waals surface area contributed by atoms with E-state index in [1.807, 2.05) is 0 Å². The van der Waals surface area contributed by atoms with Gasteiger partial charge in [-0.3, -0.25) is 0 Å². The van der Waals surface area contributed by atoms with Gasteiger partial charge in [0.25, 0.3) is 0 Å². The summed E-state index contributed by atoms with van der Waals surface area (Å²) < 4.78 is 0. The lowest BCUT2D eigenvalue weighted by Gasteiger charge is -2.00. The van der Waals surface area contributed by atoms with Gasteiger partial charge in [-0.25, -0.2) is 0 Å². The maximum absolute atomic E-state index is 5.65. The molecule has 0 radical (unpaired) electrons. The largest absolute Gasteiger partial charge is 0.143 e. The molecule has 1 saturated carbocycles. The van der Waals surface area contributed by atoms with Gasteiger partial charge < -0.3 is 0 Å². The third-order valence-corrected chi connectivity index (χ3v) is 3.80. The highest BCUT2D eigenvalue weighted by molar-refractivity contribution is 7.11. The average molecular weight is 203 g/mol. The minimum Gasteiger partial charge on any atom is -0.143 e. The number of hydrogen-bond acceptors (Lipinski definition) is 3. The van der Waals surface area contributed by atoms with Gasteiger partial charge in [0.15, 0.2) is 0 Å². The van der Waals surface area contributed by atoms with Gasteiger partial charge in [-0.05, 0) is 12.8 Å². The van der Waals surface area contributed by atoms with E-state index in [1.54, 1.807) is 11.3 Å². The van der Waals surface area contributed by atoms with Crippen LogP contribution in [0.1, 0.15) is 41.6 Å². The SMILES string of the molecule is ClCc1nnc(C2CCCC2)s1. The van der Waals surface area contributed by atoms with E-state index in [-0.39, 0.29) is 0 Å². The molecule has 1 fully saturated rings. The maximum Gasteiger partial charge on any atom is 0.132 e. The Morgan fingerprint density at radius 3 is 2.67 bits per heavy atom. The van der Waals surface area contributed by atoms with Crippen LogP contribution in [0.25, 0.3) is 0 Å². The highest BCUT2D eigenvalue weighted by atomic mass is 35.5. The zero-order valence-corrected chi connectivity index (χ0v) is 8.37. The van der Waals surface area contributed by atoms with Gasteiger partial charge in [-0.15, -0.1) is 21.8 Å². The first-order valence-corrected chi connectivity index (χ1v) is 5.63. The van der Waals surface area contributed by atoms with E-state index in [4.69, 9.17) is 11.6 Å². The predicted molar refractivity (Wildman–Crippen MR) is 50.7 cm³/mol. The van der Waals surface area contributed by atoms with Crippen molar-refractivity contribution in [1.82, 2.24) is 10.2 Å². The molecule has 0 atom stereocenters. The van der Waals surface area contributed by atoms with E-state index in [0.717, 1.165) is 5.01 Å². The summed E-state index contributed by atoms with van der Waals surface area (Å²) in [4.78, 5) is 0. The Kier molecular flexibility index (Phi) is 2.61. The lowest BCUT2D eigenvalue weighted by Crippen LogP contribution is -1.89. The van der Waals surface area contributed by atoms with Crippen molar-refractivity contribution in [3.63, 3.8) is 0 Å². The maximum atomic E-state index is 5.65. The summed E-state index contributed by atoms with van der Waals surface area (Å²) >= 11 is 7.33.